The highest BCUT2D eigenvalue weighted by molar-refractivity contribution is 5.92. The number of aromatic nitrogens is 1. The highest BCUT2D eigenvalue weighted by Crippen LogP contribution is 2.31. The first kappa shape index (κ1) is 11.9. The first-order valence-electron chi connectivity index (χ1n) is 6.16. The summed E-state index contributed by atoms with van der Waals surface area (Å²) in [6.45, 7) is 1.73. The van der Waals surface area contributed by atoms with E-state index in [2.05, 4.69) is 10.5 Å². The van der Waals surface area contributed by atoms with Crippen LogP contribution >= 0.6 is 0 Å². The van der Waals surface area contributed by atoms with Gasteiger partial charge in [-0.3, -0.25) is 4.79 Å². The van der Waals surface area contributed by atoms with Crippen molar-refractivity contribution in [3.8, 4) is 0 Å². The lowest BCUT2D eigenvalue weighted by Gasteiger charge is -2.12. The largest absolute Gasteiger partial charge is 0.361 e. The molecule has 3 rings (SSSR count). The van der Waals surface area contributed by atoms with Crippen molar-refractivity contribution in [2.45, 2.75) is 25.8 Å². The van der Waals surface area contributed by atoms with Crippen molar-refractivity contribution in [3.05, 3.63) is 52.7 Å². The van der Waals surface area contributed by atoms with Crippen LogP contribution in [-0.2, 0) is 6.42 Å². The molecule has 1 aromatic heterocycles. The first-order valence-corrected chi connectivity index (χ1v) is 6.16. The quantitative estimate of drug-likeness (QED) is 0.902. The Balaban J connectivity index is 1.78. The summed E-state index contributed by atoms with van der Waals surface area (Å²) in [5.74, 6) is 0.0934. The summed E-state index contributed by atoms with van der Waals surface area (Å²) in [6.07, 6.45) is 1.55. The maximum atomic E-state index is 13.1. The lowest BCUT2D eigenvalue weighted by atomic mass is 10.1. The van der Waals surface area contributed by atoms with E-state index >= 15 is 0 Å². The van der Waals surface area contributed by atoms with E-state index in [-0.39, 0.29) is 23.5 Å². The number of carbonyl (C=O) groups is 1. The van der Waals surface area contributed by atoms with Crippen LogP contribution in [-0.4, -0.2) is 11.1 Å². The van der Waals surface area contributed by atoms with Crippen molar-refractivity contribution in [2.24, 2.45) is 0 Å². The summed E-state index contributed by atoms with van der Waals surface area (Å²) in [5.41, 5.74) is 2.21. The average Bonchev–Trinajstić information content (AvgIpc) is 2.96. The van der Waals surface area contributed by atoms with E-state index in [1.54, 1.807) is 19.1 Å². The van der Waals surface area contributed by atoms with Crippen molar-refractivity contribution in [2.75, 3.05) is 0 Å². The van der Waals surface area contributed by atoms with Gasteiger partial charge in [0, 0.05) is 6.07 Å². The van der Waals surface area contributed by atoms with E-state index < -0.39 is 0 Å². The molecule has 0 bridgehead atoms. The molecule has 1 aromatic carbocycles. The van der Waals surface area contributed by atoms with Crippen LogP contribution in [0.4, 0.5) is 4.39 Å². The number of rotatable bonds is 2. The summed E-state index contributed by atoms with van der Waals surface area (Å²) in [4.78, 5) is 12.0. The Morgan fingerprint density at radius 1 is 1.47 bits per heavy atom. The fraction of sp³-hybridized carbons (Fsp3) is 0.286. The number of nitrogens with zero attached hydrogens (tertiary/aromatic N) is 1. The molecule has 1 N–H and O–H groups in total. The summed E-state index contributed by atoms with van der Waals surface area (Å²) in [5, 5.41) is 6.58. The van der Waals surface area contributed by atoms with Gasteiger partial charge in [0.25, 0.3) is 5.91 Å². The van der Waals surface area contributed by atoms with Crippen molar-refractivity contribution in [1.29, 1.82) is 0 Å². The van der Waals surface area contributed by atoms with Gasteiger partial charge in [-0.15, -0.1) is 0 Å². The molecule has 1 atom stereocenters. The van der Waals surface area contributed by atoms with Gasteiger partial charge in [-0.2, -0.15) is 0 Å². The van der Waals surface area contributed by atoms with Gasteiger partial charge in [0.2, 0.25) is 0 Å². The number of nitrogens with one attached hydrogen (secondary N) is 1. The van der Waals surface area contributed by atoms with Crippen LogP contribution in [0.15, 0.2) is 28.8 Å². The van der Waals surface area contributed by atoms with E-state index in [9.17, 15) is 9.18 Å². The van der Waals surface area contributed by atoms with Gasteiger partial charge in [0.15, 0.2) is 5.69 Å². The third-order valence-corrected chi connectivity index (χ3v) is 3.35. The van der Waals surface area contributed by atoms with Gasteiger partial charge in [0.05, 0.1) is 6.04 Å². The van der Waals surface area contributed by atoms with Crippen molar-refractivity contribution < 1.29 is 13.7 Å². The summed E-state index contributed by atoms with van der Waals surface area (Å²) in [7, 11) is 0. The van der Waals surface area contributed by atoms with Crippen LogP contribution in [0.3, 0.4) is 0 Å². The lowest BCUT2D eigenvalue weighted by molar-refractivity contribution is 0.0927. The molecular weight excluding hydrogens is 247 g/mol. The topological polar surface area (TPSA) is 55.1 Å². The fourth-order valence-corrected chi connectivity index (χ4v) is 2.44. The predicted octanol–water partition coefficient (Wildman–Crippen LogP) is 2.54. The van der Waals surface area contributed by atoms with Crippen molar-refractivity contribution in [3.63, 3.8) is 0 Å². The Bertz CT molecular complexity index is 636. The normalized spacial score (nSPS) is 17.3. The molecule has 1 amide bonds. The third kappa shape index (κ3) is 2.23. The second-order valence-corrected chi connectivity index (χ2v) is 4.73. The molecule has 1 heterocycles. The molecule has 1 aliphatic rings. The Hall–Kier alpha value is -2.17. The maximum absolute atomic E-state index is 13.1. The summed E-state index contributed by atoms with van der Waals surface area (Å²) < 4.78 is 18.0. The van der Waals surface area contributed by atoms with E-state index in [1.165, 1.54) is 12.1 Å². The number of carbonyl (C=O) groups excluding carboxylic acids is 1. The minimum absolute atomic E-state index is 0.0832. The van der Waals surface area contributed by atoms with Gasteiger partial charge in [-0.25, -0.2) is 4.39 Å². The average molecular weight is 260 g/mol. The zero-order chi connectivity index (χ0) is 13.4. The number of fused-ring (bicyclic) bond motifs is 1. The fourth-order valence-electron chi connectivity index (χ4n) is 2.44. The molecule has 98 valence electrons. The molecule has 1 unspecified atom stereocenters. The molecule has 0 spiro atoms. The van der Waals surface area contributed by atoms with Crippen LogP contribution in [0.1, 0.15) is 39.8 Å². The Kier molecular flexibility index (Phi) is 2.81. The molecule has 0 saturated carbocycles. The highest BCUT2D eigenvalue weighted by atomic mass is 19.1. The van der Waals surface area contributed by atoms with Gasteiger partial charge in [-0.05, 0) is 43.0 Å². The number of halogens is 1. The molecular formula is C14H13FN2O2. The van der Waals surface area contributed by atoms with Crippen molar-refractivity contribution in [1.82, 2.24) is 10.5 Å². The predicted molar refractivity (Wildman–Crippen MR) is 66.2 cm³/mol. The van der Waals surface area contributed by atoms with Gasteiger partial charge >= 0.3 is 0 Å². The van der Waals surface area contributed by atoms with Crippen molar-refractivity contribution >= 4 is 5.91 Å². The van der Waals surface area contributed by atoms with Crippen LogP contribution in [0, 0.1) is 12.7 Å². The zero-order valence-electron chi connectivity index (χ0n) is 10.4. The molecule has 4 nitrogen and oxygen atoms in total. The Morgan fingerprint density at radius 2 is 2.32 bits per heavy atom. The van der Waals surface area contributed by atoms with Crippen LogP contribution in [0.2, 0.25) is 0 Å². The van der Waals surface area contributed by atoms with E-state index in [0.29, 0.717) is 5.76 Å². The standard InChI is InChI=1S/C14H13FN2O2/c1-8-6-13(17-19-8)14(18)16-12-5-2-9-7-10(15)3-4-11(9)12/h3-4,6-7,12H,2,5H2,1H3,(H,16,18). The Morgan fingerprint density at radius 3 is 3.05 bits per heavy atom. The van der Waals surface area contributed by atoms with Gasteiger partial charge in [0.1, 0.15) is 11.6 Å². The van der Waals surface area contributed by atoms with E-state index in [1.807, 2.05) is 0 Å². The Labute approximate surface area is 109 Å². The molecule has 19 heavy (non-hydrogen) atoms. The summed E-state index contributed by atoms with van der Waals surface area (Å²) in [6, 6.07) is 6.19. The number of hydrogen-bond donors (Lipinski definition) is 1. The number of benzene rings is 1. The smallest absolute Gasteiger partial charge is 0.273 e. The second kappa shape index (κ2) is 4.50. The highest BCUT2D eigenvalue weighted by Gasteiger charge is 2.25. The van der Waals surface area contributed by atoms with Crippen LogP contribution in [0.25, 0.3) is 0 Å². The molecule has 0 fully saturated rings. The minimum atomic E-state index is -0.265. The lowest BCUT2D eigenvalue weighted by Crippen LogP contribution is -2.27. The molecule has 1 aliphatic carbocycles. The van der Waals surface area contributed by atoms with E-state index in [0.717, 1.165) is 24.0 Å². The SMILES string of the molecule is Cc1cc(C(=O)NC2CCc3cc(F)ccc32)no1. The molecule has 2 aromatic rings. The monoisotopic (exact) mass is 260 g/mol. The summed E-state index contributed by atoms with van der Waals surface area (Å²) >= 11 is 0. The maximum Gasteiger partial charge on any atom is 0.273 e. The first-order chi connectivity index (χ1) is 9.13. The molecule has 5 heteroatoms. The van der Waals surface area contributed by atoms with E-state index in [4.69, 9.17) is 4.52 Å². The van der Waals surface area contributed by atoms with Crippen LogP contribution in [0.5, 0.6) is 0 Å². The van der Waals surface area contributed by atoms with Gasteiger partial charge in [-0.1, -0.05) is 11.2 Å². The molecule has 0 saturated heterocycles. The second-order valence-electron chi connectivity index (χ2n) is 4.73. The third-order valence-electron chi connectivity index (χ3n) is 3.35. The van der Waals surface area contributed by atoms with Gasteiger partial charge < -0.3 is 9.84 Å². The van der Waals surface area contributed by atoms with Crippen LogP contribution < -0.4 is 5.32 Å². The minimum Gasteiger partial charge on any atom is -0.361 e. The zero-order valence-corrected chi connectivity index (χ0v) is 10.4. The number of aryl methyl sites for hydroxylation is 2. The number of hydrogen-bond acceptors (Lipinski definition) is 3. The molecule has 0 aliphatic heterocycles. The number of amides is 1. The molecule has 0 radical (unpaired) electrons.